The first-order valence-corrected chi connectivity index (χ1v) is 10.1. The third-order valence-corrected chi connectivity index (χ3v) is 5.49. The summed E-state index contributed by atoms with van der Waals surface area (Å²) in [6.07, 6.45) is 1.08. The quantitative estimate of drug-likeness (QED) is 0.669. The van der Waals surface area contributed by atoms with Gasteiger partial charge in [-0.15, -0.1) is 0 Å². The number of imidazole rings is 1. The van der Waals surface area contributed by atoms with E-state index >= 15 is 0 Å². The Hall–Kier alpha value is -2.65. The van der Waals surface area contributed by atoms with Crippen molar-refractivity contribution in [3.05, 3.63) is 40.2 Å². The Morgan fingerprint density at radius 3 is 2.73 bits per heavy atom. The second-order valence-electron chi connectivity index (χ2n) is 7.14. The highest BCUT2D eigenvalue weighted by molar-refractivity contribution is 6.30. The van der Waals surface area contributed by atoms with Crippen LogP contribution in [0.2, 0.25) is 5.15 Å². The van der Waals surface area contributed by atoms with E-state index in [0.717, 1.165) is 17.1 Å². The molecule has 30 heavy (non-hydrogen) atoms. The largest absolute Gasteiger partial charge is 0.464 e. The molecular weight excluding hydrogens is 410 g/mol. The fourth-order valence-corrected chi connectivity index (χ4v) is 3.83. The molecule has 0 saturated carbocycles. The summed E-state index contributed by atoms with van der Waals surface area (Å²) in [5.74, 6) is -0.597. The number of carbonyl (C=O) groups is 2. The number of halogens is 1. The third kappa shape index (κ3) is 4.73. The maximum absolute atomic E-state index is 12.6. The average molecular weight is 436 g/mol. The van der Waals surface area contributed by atoms with E-state index in [2.05, 4.69) is 25.2 Å². The number of aromatic nitrogens is 3. The maximum atomic E-state index is 12.6. The molecule has 3 rings (SSSR count). The van der Waals surface area contributed by atoms with Crippen LogP contribution < -0.4 is 10.2 Å². The van der Waals surface area contributed by atoms with Crippen LogP contribution in [0.4, 0.5) is 5.69 Å². The minimum atomic E-state index is -0.478. The Labute approximate surface area is 180 Å². The van der Waals surface area contributed by atoms with E-state index in [9.17, 15) is 9.59 Å². The minimum absolute atomic E-state index is 0.185. The van der Waals surface area contributed by atoms with Gasteiger partial charge in [-0.25, -0.2) is 14.8 Å². The van der Waals surface area contributed by atoms with E-state index in [1.165, 1.54) is 7.11 Å². The van der Waals surface area contributed by atoms with Gasteiger partial charge < -0.3 is 24.7 Å². The lowest BCUT2D eigenvalue weighted by Crippen LogP contribution is -2.55. The number of nitrogens with zero attached hydrogens (tertiary/aromatic N) is 3. The number of aromatic amines is 1. The number of aryl methyl sites for hydroxylation is 2. The van der Waals surface area contributed by atoms with Crippen molar-refractivity contribution >= 4 is 29.2 Å². The molecule has 10 heteroatoms. The van der Waals surface area contributed by atoms with Gasteiger partial charge in [-0.2, -0.15) is 0 Å². The molecule has 0 aliphatic carbocycles. The van der Waals surface area contributed by atoms with Gasteiger partial charge in [0.15, 0.2) is 16.7 Å². The number of anilines is 1. The van der Waals surface area contributed by atoms with Gasteiger partial charge in [0.1, 0.15) is 0 Å². The van der Waals surface area contributed by atoms with Crippen LogP contribution in [0.1, 0.15) is 45.8 Å². The normalized spacial score (nSPS) is 18.9. The number of hydrogen-bond acceptors (Lipinski definition) is 7. The number of rotatable bonds is 6. The van der Waals surface area contributed by atoms with Crippen molar-refractivity contribution in [1.29, 1.82) is 0 Å². The Bertz CT molecular complexity index is 932. The van der Waals surface area contributed by atoms with Crippen LogP contribution in [0.25, 0.3) is 0 Å². The number of nitrogens with one attached hydrogen (secondary N) is 2. The van der Waals surface area contributed by atoms with Gasteiger partial charge in [0, 0.05) is 31.6 Å². The van der Waals surface area contributed by atoms with Crippen LogP contribution in [-0.4, -0.2) is 66.3 Å². The number of esters is 1. The molecule has 0 spiro atoms. The second kappa shape index (κ2) is 9.44. The molecule has 0 aromatic carbocycles. The lowest BCUT2D eigenvalue weighted by Gasteiger charge is -2.39. The standard InChI is InChI=1S/C20H26ClN5O4/c1-5-13-17(21)25-18(23-13)19(27)24-14-6-7-26(10-16(14)29-3)12-8-11(2)22-15(9-12)20(28)30-4/h8-9,14,16H,5-7,10H2,1-4H3,(H,23,25)(H,24,27)/t14-,16+/m0/s1. The number of hydrogen-bond donors (Lipinski definition) is 2. The van der Waals surface area contributed by atoms with Crippen LogP contribution in [0.15, 0.2) is 12.1 Å². The first-order chi connectivity index (χ1) is 14.4. The minimum Gasteiger partial charge on any atom is -0.464 e. The summed E-state index contributed by atoms with van der Waals surface area (Å²) >= 11 is 6.04. The van der Waals surface area contributed by atoms with Crippen molar-refractivity contribution in [1.82, 2.24) is 20.3 Å². The third-order valence-electron chi connectivity index (χ3n) is 5.17. The fraction of sp³-hybridized carbons (Fsp3) is 0.500. The van der Waals surface area contributed by atoms with Crippen molar-refractivity contribution in [3.63, 3.8) is 0 Å². The summed E-state index contributed by atoms with van der Waals surface area (Å²) in [4.78, 5) is 37.9. The summed E-state index contributed by atoms with van der Waals surface area (Å²) in [5, 5.41) is 3.31. The van der Waals surface area contributed by atoms with E-state index in [1.54, 1.807) is 13.2 Å². The number of amides is 1. The van der Waals surface area contributed by atoms with Gasteiger partial charge in [0.2, 0.25) is 0 Å². The number of carbonyl (C=O) groups excluding carboxylic acids is 2. The van der Waals surface area contributed by atoms with Crippen LogP contribution in [-0.2, 0) is 15.9 Å². The molecule has 2 atom stereocenters. The monoisotopic (exact) mass is 435 g/mol. The molecule has 1 aliphatic rings. The van der Waals surface area contributed by atoms with E-state index in [4.69, 9.17) is 21.1 Å². The van der Waals surface area contributed by atoms with Gasteiger partial charge in [0.25, 0.3) is 5.91 Å². The Balaban J connectivity index is 1.71. The van der Waals surface area contributed by atoms with Crippen LogP contribution in [0.3, 0.4) is 0 Å². The van der Waals surface area contributed by atoms with Crippen molar-refractivity contribution < 1.29 is 19.1 Å². The van der Waals surface area contributed by atoms with Crippen molar-refractivity contribution in [2.45, 2.75) is 38.8 Å². The summed E-state index contributed by atoms with van der Waals surface area (Å²) < 4.78 is 10.4. The highest BCUT2D eigenvalue weighted by atomic mass is 35.5. The number of methoxy groups -OCH3 is 2. The summed E-state index contributed by atoms with van der Waals surface area (Å²) in [6.45, 7) is 4.98. The number of piperidine rings is 1. The van der Waals surface area contributed by atoms with Crippen molar-refractivity contribution in [2.24, 2.45) is 0 Å². The number of H-pyrrole nitrogens is 1. The molecule has 2 aromatic rings. The zero-order chi connectivity index (χ0) is 21.8. The summed E-state index contributed by atoms with van der Waals surface area (Å²) in [5.41, 5.74) is 2.58. The molecular formula is C20H26ClN5O4. The van der Waals surface area contributed by atoms with E-state index in [1.807, 2.05) is 19.9 Å². The molecule has 0 bridgehead atoms. The molecule has 2 aromatic heterocycles. The van der Waals surface area contributed by atoms with E-state index in [0.29, 0.717) is 31.1 Å². The molecule has 1 amide bonds. The molecule has 1 fully saturated rings. The second-order valence-corrected chi connectivity index (χ2v) is 7.50. The van der Waals surface area contributed by atoms with Crippen LogP contribution >= 0.6 is 11.6 Å². The zero-order valence-electron chi connectivity index (χ0n) is 17.5. The summed E-state index contributed by atoms with van der Waals surface area (Å²) in [6, 6.07) is 3.44. The zero-order valence-corrected chi connectivity index (χ0v) is 18.2. The van der Waals surface area contributed by atoms with Gasteiger partial charge in [0.05, 0.1) is 24.9 Å². The van der Waals surface area contributed by atoms with Crippen molar-refractivity contribution in [2.75, 3.05) is 32.2 Å². The van der Waals surface area contributed by atoms with Gasteiger partial charge in [-0.3, -0.25) is 4.79 Å². The Morgan fingerprint density at radius 1 is 1.33 bits per heavy atom. The molecule has 2 N–H and O–H groups in total. The number of pyridine rings is 1. The van der Waals surface area contributed by atoms with Crippen LogP contribution in [0, 0.1) is 6.92 Å². The molecule has 0 unspecified atom stereocenters. The molecule has 3 heterocycles. The average Bonchev–Trinajstić information content (AvgIpc) is 3.13. The van der Waals surface area contributed by atoms with Gasteiger partial charge >= 0.3 is 5.97 Å². The first-order valence-electron chi connectivity index (χ1n) is 9.76. The molecule has 0 radical (unpaired) electrons. The van der Waals surface area contributed by atoms with Crippen LogP contribution in [0.5, 0.6) is 0 Å². The van der Waals surface area contributed by atoms with Crippen molar-refractivity contribution in [3.8, 4) is 0 Å². The predicted octanol–water partition coefficient (Wildman–Crippen LogP) is 2.14. The topological polar surface area (TPSA) is 109 Å². The highest BCUT2D eigenvalue weighted by Crippen LogP contribution is 2.24. The number of ether oxygens (including phenoxy) is 2. The highest BCUT2D eigenvalue weighted by Gasteiger charge is 2.32. The molecule has 1 aliphatic heterocycles. The van der Waals surface area contributed by atoms with Gasteiger partial charge in [-0.1, -0.05) is 18.5 Å². The lowest BCUT2D eigenvalue weighted by molar-refractivity contribution is 0.0537. The Kier molecular flexibility index (Phi) is 6.94. The molecule has 162 valence electrons. The van der Waals surface area contributed by atoms with E-state index in [-0.39, 0.29) is 29.6 Å². The smallest absolute Gasteiger partial charge is 0.356 e. The fourth-order valence-electron chi connectivity index (χ4n) is 3.56. The first kappa shape index (κ1) is 22.0. The maximum Gasteiger partial charge on any atom is 0.356 e. The van der Waals surface area contributed by atoms with E-state index < -0.39 is 5.97 Å². The molecule has 1 saturated heterocycles. The SMILES string of the molecule is CCc1[nH]c(C(=O)N[C@H]2CCN(c3cc(C)nc(C(=O)OC)c3)C[C@H]2OC)nc1Cl. The lowest BCUT2D eigenvalue weighted by atomic mass is 10.0. The van der Waals surface area contributed by atoms with Gasteiger partial charge in [-0.05, 0) is 31.9 Å². The molecule has 9 nitrogen and oxygen atoms in total. The summed E-state index contributed by atoms with van der Waals surface area (Å²) in [7, 11) is 2.95. The Morgan fingerprint density at radius 2 is 2.10 bits per heavy atom. The predicted molar refractivity (Wildman–Crippen MR) is 112 cm³/mol.